The molecule has 9 nitrogen and oxygen atoms in total. The molecule has 0 aliphatic carbocycles. The topological polar surface area (TPSA) is 147 Å². The maximum Gasteiger partial charge on any atom is 0.348 e. The van der Waals surface area contributed by atoms with E-state index in [4.69, 9.17) is 4.52 Å². The van der Waals surface area contributed by atoms with E-state index in [2.05, 4.69) is 0 Å². The number of hydrogen-bond acceptors (Lipinski definition) is 5. The normalized spacial score (nSPS) is 15.3. The van der Waals surface area contributed by atoms with E-state index < -0.39 is 32.1 Å². The second-order valence-electron chi connectivity index (χ2n) is 5.13. The van der Waals surface area contributed by atoms with E-state index in [0.29, 0.717) is 5.56 Å². The quantitative estimate of drug-likeness (QED) is 0.373. The molecule has 0 fully saturated rings. The van der Waals surface area contributed by atoms with Crippen LogP contribution in [0.5, 0.6) is 0 Å². The molecule has 0 heterocycles. The highest BCUT2D eigenvalue weighted by molar-refractivity contribution is 7.70. The van der Waals surface area contributed by atoms with Gasteiger partial charge in [-0.25, -0.2) is 0 Å². The van der Waals surface area contributed by atoms with Crippen LogP contribution in [0, 0.1) is 10.1 Å². The number of rotatable bonds is 7. The number of nitro groups is 1. The molecule has 2 aromatic carbocycles. The largest absolute Gasteiger partial charge is 0.348 e. The summed E-state index contributed by atoms with van der Waals surface area (Å²) in [5.74, 6) is 0. The molecule has 134 valence electrons. The number of non-ortho nitro benzene ring substituents is 1. The van der Waals surface area contributed by atoms with Gasteiger partial charge in [0.25, 0.3) is 5.69 Å². The van der Waals surface area contributed by atoms with E-state index >= 15 is 0 Å². The molecular formula is C14H15NO8P2. The minimum Gasteiger partial charge on any atom is -0.324 e. The van der Waals surface area contributed by atoms with E-state index in [1.807, 2.05) is 0 Å². The molecule has 2 unspecified atom stereocenters. The van der Waals surface area contributed by atoms with Crippen LogP contribution in [0.1, 0.15) is 16.5 Å². The van der Waals surface area contributed by atoms with Crippen molar-refractivity contribution in [3.05, 3.63) is 75.8 Å². The molecule has 0 amide bonds. The van der Waals surface area contributed by atoms with Gasteiger partial charge in [-0.15, -0.1) is 0 Å². The number of nitrogens with zero attached hydrogens (tertiary/aromatic N) is 1. The first-order valence-corrected chi connectivity index (χ1v) is 10.2. The third-order valence-corrected chi connectivity index (χ3v) is 7.42. The number of nitro benzene ring substituents is 1. The Balaban J connectivity index is 2.21. The zero-order valence-electron chi connectivity index (χ0n) is 12.7. The number of benzene rings is 2. The Morgan fingerprint density at radius 2 is 1.56 bits per heavy atom. The lowest BCUT2D eigenvalue weighted by atomic mass is 10.2. The fraction of sp³-hybridized carbons (Fsp3) is 0.143. The van der Waals surface area contributed by atoms with Crippen LogP contribution in [0.3, 0.4) is 0 Å². The van der Waals surface area contributed by atoms with Crippen molar-refractivity contribution in [3.63, 3.8) is 0 Å². The van der Waals surface area contributed by atoms with Gasteiger partial charge in [0, 0.05) is 12.1 Å². The smallest absolute Gasteiger partial charge is 0.324 e. The Morgan fingerprint density at radius 1 is 1.00 bits per heavy atom. The van der Waals surface area contributed by atoms with Crippen molar-refractivity contribution in [1.29, 1.82) is 0 Å². The van der Waals surface area contributed by atoms with Crippen LogP contribution in [-0.2, 0) is 20.3 Å². The zero-order valence-corrected chi connectivity index (χ0v) is 14.5. The molecule has 2 aromatic rings. The molecule has 0 saturated heterocycles. The van der Waals surface area contributed by atoms with Crippen molar-refractivity contribution in [2.75, 3.05) is 0 Å². The third kappa shape index (κ3) is 5.06. The van der Waals surface area contributed by atoms with E-state index in [-0.39, 0.29) is 11.3 Å². The summed E-state index contributed by atoms with van der Waals surface area (Å²) < 4.78 is 29.1. The first-order chi connectivity index (χ1) is 11.6. The highest BCUT2D eigenvalue weighted by atomic mass is 31.2. The molecule has 0 saturated carbocycles. The van der Waals surface area contributed by atoms with Crippen LogP contribution < -0.4 is 0 Å². The van der Waals surface area contributed by atoms with Gasteiger partial charge >= 0.3 is 15.2 Å². The van der Waals surface area contributed by atoms with Crippen LogP contribution >= 0.6 is 15.2 Å². The van der Waals surface area contributed by atoms with Gasteiger partial charge in [-0.1, -0.05) is 30.3 Å². The third-order valence-electron chi connectivity index (χ3n) is 3.29. The van der Waals surface area contributed by atoms with Crippen molar-refractivity contribution >= 4 is 20.9 Å². The van der Waals surface area contributed by atoms with Gasteiger partial charge in [-0.2, -0.15) is 0 Å². The molecule has 0 aliphatic rings. The molecule has 25 heavy (non-hydrogen) atoms. The summed E-state index contributed by atoms with van der Waals surface area (Å²) in [6.07, 6.45) is 0. The summed E-state index contributed by atoms with van der Waals surface area (Å²) in [5, 5.41) is 8.57. The summed E-state index contributed by atoms with van der Waals surface area (Å²) in [5.41, 5.74) is 0.163. The fourth-order valence-electron chi connectivity index (χ4n) is 2.15. The van der Waals surface area contributed by atoms with Gasteiger partial charge in [0.1, 0.15) is 0 Å². The van der Waals surface area contributed by atoms with Crippen molar-refractivity contribution < 1.29 is 33.3 Å². The van der Waals surface area contributed by atoms with Crippen LogP contribution in [0.4, 0.5) is 5.69 Å². The second-order valence-corrected chi connectivity index (χ2v) is 9.14. The first kappa shape index (κ1) is 19.5. The summed E-state index contributed by atoms with van der Waals surface area (Å²) >= 11 is 0. The highest BCUT2D eigenvalue weighted by Crippen LogP contribution is 2.72. The van der Waals surface area contributed by atoms with E-state index in [0.717, 1.165) is 0 Å². The van der Waals surface area contributed by atoms with Crippen molar-refractivity contribution in [1.82, 2.24) is 0 Å². The predicted octanol–water partition coefficient (Wildman–Crippen LogP) is 3.17. The zero-order chi connectivity index (χ0) is 18.7. The molecule has 0 aromatic heterocycles. The average Bonchev–Trinajstić information content (AvgIpc) is 2.53. The Hall–Kier alpha value is -1.86. The van der Waals surface area contributed by atoms with Gasteiger partial charge in [-0.3, -0.25) is 19.2 Å². The Labute approximate surface area is 142 Å². The van der Waals surface area contributed by atoms with Crippen LogP contribution in [0.2, 0.25) is 0 Å². The summed E-state index contributed by atoms with van der Waals surface area (Å²) in [7, 11) is -9.73. The van der Waals surface area contributed by atoms with Gasteiger partial charge in [0.15, 0.2) is 5.40 Å². The highest BCUT2D eigenvalue weighted by Gasteiger charge is 2.46. The lowest BCUT2D eigenvalue weighted by Gasteiger charge is -2.23. The van der Waals surface area contributed by atoms with E-state index in [9.17, 15) is 33.9 Å². The second kappa shape index (κ2) is 7.58. The molecule has 0 radical (unpaired) electrons. The molecule has 2 rings (SSSR count). The number of hydrogen-bond donors (Lipinski definition) is 3. The maximum absolute atomic E-state index is 12.4. The lowest BCUT2D eigenvalue weighted by Crippen LogP contribution is -2.04. The molecule has 2 atom stereocenters. The monoisotopic (exact) mass is 387 g/mol. The van der Waals surface area contributed by atoms with Crippen LogP contribution in [0.15, 0.2) is 54.6 Å². The summed E-state index contributed by atoms with van der Waals surface area (Å²) in [6, 6.07) is 12.2. The fourth-order valence-corrected chi connectivity index (χ4v) is 5.45. The van der Waals surface area contributed by atoms with E-state index in [1.165, 1.54) is 48.5 Å². The standard InChI is InChI=1S/C14H15NO8P2/c16-15(17)13-8-6-11(7-9-13)10-23-25(21,22)14(24(18,19)20)12-4-2-1-3-5-12/h1-9,14H,10H2,(H,21,22)(H2,18,19,20). The Morgan fingerprint density at radius 3 is 2.04 bits per heavy atom. The molecule has 3 N–H and O–H groups in total. The lowest BCUT2D eigenvalue weighted by molar-refractivity contribution is -0.384. The summed E-state index contributed by atoms with van der Waals surface area (Å²) in [4.78, 5) is 39.1. The van der Waals surface area contributed by atoms with Crippen molar-refractivity contribution in [2.24, 2.45) is 0 Å². The molecule has 0 spiro atoms. The van der Waals surface area contributed by atoms with Crippen molar-refractivity contribution in [2.45, 2.75) is 12.0 Å². The molecule has 0 aliphatic heterocycles. The Bertz CT molecular complexity index is 834. The SMILES string of the molecule is O=[N+]([O-])c1ccc(COP(=O)(O)C(c2ccccc2)P(=O)(O)O)cc1. The Kier molecular flexibility index (Phi) is 5.90. The molecular weight excluding hydrogens is 372 g/mol. The average molecular weight is 387 g/mol. The van der Waals surface area contributed by atoms with Crippen LogP contribution in [0.25, 0.3) is 0 Å². The predicted molar refractivity (Wildman–Crippen MR) is 88.9 cm³/mol. The molecule has 11 heteroatoms. The summed E-state index contributed by atoms with van der Waals surface area (Å²) in [6.45, 7) is -0.435. The minimum atomic E-state index is -4.99. The van der Waals surface area contributed by atoms with Crippen LogP contribution in [-0.4, -0.2) is 19.6 Å². The van der Waals surface area contributed by atoms with Gasteiger partial charge in [0.2, 0.25) is 0 Å². The maximum atomic E-state index is 12.4. The minimum absolute atomic E-state index is 0.0228. The van der Waals surface area contributed by atoms with Crippen molar-refractivity contribution in [3.8, 4) is 0 Å². The van der Waals surface area contributed by atoms with Gasteiger partial charge in [-0.05, 0) is 23.3 Å². The van der Waals surface area contributed by atoms with Gasteiger partial charge in [0.05, 0.1) is 11.5 Å². The van der Waals surface area contributed by atoms with E-state index in [1.54, 1.807) is 6.07 Å². The first-order valence-electron chi connectivity index (χ1n) is 6.92. The van der Waals surface area contributed by atoms with Gasteiger partial charge < -0.3 is 19.2 Å². The molecule has 0 bridgehead atoms.